The van der Waals surface area contributed by atoms with Crippen LogP contribution in [0.2, 0.25) is 0 Å². The molecule has 18 heavy (non-hydrogen) atoms. The summed E-state index contributed by atoms with van der Waals surface area (Å²) in [4.78, 5) is 0. The number of alkyl halides is 3. The Morgan fingerprint density at radius 2 is 1.78 bits per heavy atom. The van der Waals surface area contributed by atoms with Crippen LogP contribution in [0.3, 0.4) is 0 Å². The summed E-state index contributed by atoms with van der Waals surface area (Å²) >= 11 is 0. The molecule has 0 radical (unpaired) electrons. The minimum Gasteiger partial charge on any atom is -0.272 e. The van der Waals surface area contributed by atoms with Crippen LogP contribution in [-0.2, 0) is 19.1 Å². The fourth-order valence-electron chi connectivity index (χ4n) is 1.69. The summed E-state index contributed by atoms with van der Waals surface area (Å²) in [5.74, 6) is 0. The normalized spacial score (nSPS) is 11.8. The highest BCUT2D eigenvalue weighted by Gasteiger charge is 2.29. The summed E-state index contributed by atoms with van der Waals surface area (Å²) < 4.78 is 38.9. The molecule has 0 N–H and O–H groups in total. The second-order valence-corrected chi connectivity index (χ2v) is 4.16. The first-order valence-corrected chi connectivity index (χ1v) is 5.61. The minimum atomic E-state index is -4.27. The number of aryl methyl sites for hydroxylation is 3. The van der Waals surface area contributed by atoms with E-state index in [9.17, 15) is 13.2 Å². The molecule has 96 valence electrons. The van der Waals surface area contributed by atoms with Gasteiger partial charge in [-0.2, -0.15) is 18.3 Å². The van der Waals surface area contributed by atoms with Gasteiger partial charge in [0.25, 0.3) is 0 Å². The van der Waals surface area contributed by atoms with Gasteiger partial charge in [0.15, 0.2) is 0 Å². The molecule has 0 bridgehead atoms. The second kappa shape index (κ2) is 4.84. The lowest BCUT2D eigenvalue weighted by molar-refractivity contribution is -0.137. The highest BCUT2D eigenvalue weighted by atomic mass is 19.4. The molecule has 0 spiro atoms. The number of rotatable bonds is 3. The SMILES string of the molecule is Cc1ccn(CCc2ccc(C(F)(F)F)cc2)n1. The lowest BCUT2D eigenvalue weighted by Crippen LogP contribution is -2.05. The Morgan fingerprint density at radius 1 is 1.11 bits per heavy atom. The van der Waals surface area contributed by atoms with E-state index in [4.69, 9.17) is 0 Å². The van der Waals surface area contributed by atoms with Gasteiger partial charge < -0.3 is 0 Å². The van der Waals surface area contributed by atoms with Gasteiger partial charge >= 0.3 is 6.18 Å². The molecule has 0 saturated carbocycles. The average Bonchev–Trinajstić information content (AvgIpc) is 2.72. The maximum Gasteiger partial charge on any atom is 0.416 e. The average molecular weight is 254 g/mol. The monoisotopic (exact) mass is 254 g/mol. The van der Waals surface area contributed by atoms with Crippen LogP contribution in [0.5, 0.6) is 0 Å². The molecule has 0 aliphatic carbocycles. The predicted octanol–water partition coefficient (Wildman–Crippen LogP) is 3.45. The molecule has 0 fully saturated rings. The largest absolute Gasteiger partial charge is 0.416 e. The van der Waals surface area contributed by atoms with Crippen LogP contribution in [0, 0.1) is 6.92 Å². The van der Waals surface area contributed by atoms with Crippen molar-refractivity contribution in [2.75, 3.05) is 0 Å². The molecule has 2 rings (SSSR count). The van der Waals surface area contributed by atoms with E-state index in [-0.39, 0.29) is 0 Å². The highest BCUT2D eigenvalue weighted by Crippen LogP contribution is 2.29. The van der Waals surface area contributed by atoms with Crippen molar-refractivity contribution in [2.45, 2.75) is 26.1 Å². The fourth-order valence-corrected chi connectivity index (χ4v) is 1.69. The van der Waals surface area contributed by atoms with E-state index in [1.165, 1.54) is 12.1 Å². The number of aromatic nitrogens is 2. The van der Waals surface area contributed by atoms with Crippen LogP contribution in [0.15, 0.2) is 36.5 Å². The van der Waals surface area contributed by atoms with Crippen molar-refractivity contribution >= 4 is 0 Å². The van der Waals surface area contributed by atoms with Crippen molar-refractivity contribution in [2.24, 2.45) is 0 Å². The first-order valence-electron chi connectivity index (χ1n) is 5.61. The third-order valence-electron chi connectivity index (χ3n) is 2.68. The van der Waals surface area contributed by atoms with Gasteiger partial charge in [-0.1, -0.05) is 12.1 Å². The molecule has 0 unspecified atom stereocenters. The molecule has 0 aliphatic rings. The van der Waals surface area contributed by atoms with Crippen LogP contribution in [-0.4, -0.2) is 9.78 Å². The van der Waals surface area contributed by atoms with Gasteiger partial charge in [0.2, 0.25) is 0 Å². The Balaban J connectivity index is 1.98. The number of halogens is 3. The smallest absolute Gasteiger partial charge is 0.272 e. The molecular weight excluding hydrogens is 241 g/mol. The topological polar surface area (TPSA) is 17.8 Å². The number of nitrogens with zero attached hydrogens (tertiary/aromatic N) is 2. The lowest BCUT2D eigenvalue weighted by Gasteiger charge is -2.07. The van der Waals surface area contributed by atoms with Gasteiger partial charge in [0.1, 0.15) is 0 Å². The maximum atomic E-state index is 12.4. The number of hydrogen-bond acceptors (Lipinski definition) is 1. The third kappa shape index (κ3) is 3.12. The van der Waals surface area contributed by atoms with E-state index >= 15 is 0 Å². The van der Waals surface area contributed by atoms with E-state index in [0.717, 1.165) is 23.4 Å². The lowest BCUT2D eigenvalue weighted by atomic mass is 10.1. The first-order chi connectivity index (χ1) is 8.45. The van der Waals surface area contributed by atoms with Crippen molar-refractivity contribution in [1.82, 2.24) is 9.78 Å². The summed E-state index contributed by atoms with van der Waals surface area (Å²) in [5, 5.41) is 4.22. The van der Waals surface area contributed by atoms with E-state index < -0.39 is 11.7 Å². The van der Waals surface area contributed by atoms with Gasteiger partial charge in [-0.15, -0.1) is 0 Å². The van der Waals surface area contributed by atoms with Gasteiger partial charge in [-0.25, -0.2) is 0 Å². The highest BCUT2D eigenvalue weighted by molar-refractivity contribution is 5.24. The zero-order valence-electron chi connectivity index (χ0n) is 9.91. The molecular formula is C13H13F3N2. The number of benzene rings is 1. The van der Waals surface area contributed by atoms with Crippen LogP contribution >= 0.6 is 0 Å². The zero-order chi connectivity index (χ0) is 13.2. The molecule has 2 aromatic rings. The van der Waals surface area contributed by atoms with Crippen molar-refractivity contribution in [3.63, 3.8) is 0 Å². The van der Waals surface area contributed by atoms with E-state index in [1.807, 2.05) is 19.2 Å². The minimum absolute atomic E-state index is 0.610. The summed E-state index contributed by atoms with van der Waals surface area (Å²) in [7, 11) is 0. The summed E-state index contributed by atoms with van der Waals surface area (Å²) in [6, 6.07) is 7.15. The van der Waals surface area contributed by atoms with Crippen molar-refractivity contribution < 1.29 is 13.2 Å². The van der Waals surface area contributed by atoms with Gasteiger partial charge in [0.05, 0.1) is 11.3 Å². The third-order valence-corrected chi connectivity index (χ3v) is 2.68. The summed E-state index contributed by atoms with van der Waals surface area (Å²) in [6.45, 7) is 2.56. The van der Waals surface area contributed by atoms with Gasteiger partial charge in [-0.3, -0.25) is 4.68 Å². The van der Waals surface area contributed by atoms with Crippen molar-refractivity contribution in [1.29, 1.82) is 0 Å². The Morgan fingerprint density at radius 3 is 2.28 bits per heavy atom. The molecule has 1 heterocycles. The van der Waals surface area contributed by atoms with Crippen LogP contribution in [0.1, 0.15) is 16.8 Å². The molecule has 0 amide bonds. The second-order valence-electron chi connectivity index (χ2n) is 4.16. The van der Waals surface area contributed by atoms with Crippen LogP contribution < -0.4 is 0 Å². The molecule has 5 heteroatoms. The Hall–Kier alpha value is -1.78. The quantitative estimate of drug-likeness (QED) is 0.820. The molecule has 0 aliphatic heterocycles. The first kappa shape index (κ1) is 12.7. The van der Waals surface area contributed by atoms with Gasteiger partial charge in [0, 0.05) is 12.7 Å². The molecule has 1 aromatic heterocycles. The summed E-state index contributed by atoms with van der Waals surface area (Å²) in [6.07, 6.45) is -1.74. The zero-order valence-corrected chi connectivity index (χ0v) is 9.91. The Kier molecular flexibility index (Phi) is 3.41. The van der Waals surface area contributed by atoms with Crippen LogP contribution in [0.25, 0.3) is 0 Å². The Labute approximate surface area is 103 Å². The summed E-state index contributed by atoms with van der Waals surface area (Å²) in [5.41, 5.74) is 1.19. The molecule has 1 aromatic carbocycles. The fraction of sp³-hybridized carbons (Fsp3) is 0.308. The molecule has 0 saturated heterocycles. The van der Waals surface area contributed by atoms with Crippen LogP contribution in [0.4, 0.5) is 13.2 Å². The predicted molar refractivity (Wildman–Crippen MR) is 62.1 cm³/mol. The van der Waals surface area contributed by atoms with E-state index in [1.54, 1.807) is 4.68 Å². The van der Waals surface area contributed by atoms with Crippen molar-refractivity contribution in [3.05, 3.63) is 53.3 Å². The standard InChI is InChI=1S/C13H13F3N2/c1-10-6-8-18(17-10)9-7-11-2-4-12(5-3-11)13(14,15)16/h2-6,8H,7,9H2,1H3. The number of hydrogen-bond donors (Lipinski definition) is 0. The maximum absolute atomic E-state index is 12.4. The van der Waals surface area contributed by atoms with Gasteiger partial charge in [-0.05, 0) is 37.1 Å². The molecule has 0 atom stereocenters. The van der Waals surface area contributed by atoms with Crippen molar-refractivity contribution in [3.8, 4) is 0 Å². The van der Waals surface area contributed by atoms with E-state index in [2.05, 4.69) is 5.10 Å². The Bertz CT molecular complexity index is 512. The van der Waals surface area contributed by atoms with E-state index in [0.29, 0.717) is 13.0 Å². The molecule has 2 nitrogen and oxygen atoms in total.